The van der Waals surface area contributed by atoms with Gasteiger partial charge in [0.15, 0.2) is 0 Å². The van der Waals surface area contributed by atoms with Crippen LogP contribution in [-0.2, 0) is 7.05 Å². The monoisotopic (exact) mass is 319 g/mol. The quantitative estimate of drug-likeness (QED) is 0.720. The van der Waals surface area contributed by atoms with Crippen molar-refractivity contribution < 1.29 is 4.74 Å². The molecule has 0 unspecified atom stereocenters. The van der Waals surface area contributed by atoms with E-state index < -0.39 is 0 Å². The molecular weight excluding hydrogens is 298 g/mol. The van der Waals surface area contributed by atoms with Gasteiger partial charge in [-0.25, -0.2) is 4.98 Å². The third-order valence-electron chi connectivity index (χ3n) is 4.06. The highest BCUT2D eigenvalue weighted by Crippen LogP contribution is 2.25. The molecule has 0 fully saturated rings. The van der Waals surface area contributed by atoms with Crippen LogP contribution in [0.4, 0.5) is 0 Å². The van der Waals surface area contributed by atoms with Gasteiger partial charge in [-0.05, 0) is 26.0 Å². The predicted octanol–water partition coefficient (Wildman–Crippen LogP) is 4.28. The Morgan fingerprint density at radius 2 is 1.83 bits per heavy atom. The summed E-state index contributed by atoms with van der Waals surface area (Å²) in [6.45, 7) is 4.02. The Hall–Kier alpha value is -2.88. The Kier molecular flexibility index (Phi) is 4.47. The minimum absolute atomic E-state index is 0.884. The van der Waals surface area contributed by atoms with Crippen LogP contribution >= 0.6 is 0 Å². The topological polar surface area (TPSA) is 39.9 Å². The summed E-state index contributed by atoms with van der Waals surface area (Å²) in [6.07, 6.45) is 7.83. The predicted molar refractivity (Wildman–Crippen MR) is 97.8 cm³/mol. The van der Waals surface area contributed by atoms with Crippen LogP contribution in [0.5, 0.6) is 5.75 Å². The van der Waals surface area contributed by atoms with Crippen LogP contribution in [0, 0.1) is 13.8 Å². The largest absolute Gasteiger partial charge is 0.496 e. The summed E-state index contributed by atoms with van der Waals surface area (Å²) in [5, 5.41) is 0. The van der Waals surface area contributed by atoms with Crippen LogP contribution in [0.1, 0.15) is 22.6 Å². The fourth-order valence-corrected chi connectivity index (χ4v) is 2.75. The molecule has 0 aliphatic rings. The molecule has 24 heavy (non-hydrogen) atoms. The second-order valence-corrected chi connectivity index (χ2v) is 5.78. The van der Waals surface area contributed by atoms with Gasteiger partial charge < -0.3 is 9.30 Å². The highest BCUT2D eigenvalue weighted by molar-refractivity contribution is 5.70. The van der Waals surface area contributed by atoms with E-state index in [0.29, 0.717) is 0 Å². The number of hydrogen-bond donors (Lipinski definition) is 0. The summed E-state index contributed by atoms with van der Waals surface area (Å²) in [7, 11) is 3.68. The van der Waals surface area contributed by atoms with Crippen molar-refractivity contribution in [1.82, 2.24) is 14.5 Å². The van der Waals surface area contributed by atoms with Crippen molar-refractivity contribution in [2.75, 3.05) is 7.11 Å². The fourth-order valence-electron chi connectivity index (χ4n) is 2.75. The van der Waals surface area contributed by atoms with E-state index in [1.165, 1.54) is 0 Å². The zero-order valence-corrected chi connectivity index (χ0v) is 14.4. The minimum Gasteiger partial charge on any atom is -0.496 e. The fraction of sp³-hybridized carbons (Fsp3) is 0.200. The number of nitrogens with zero attached hydrogens (tertiary/aromatic N) is 3. The van der Waals surface area contributed by atoms with E-state index in [-0.39, 0.29) is 0 Å². The van der Waals surface area contributed by atoms with E-state index in [2.05, 4.69) is 17.1 Å². The molecule has 0 atom stereocenters. The first-order valence-corrected chi connectivity index (χ1v) is 7.87. The maximum atomic E-state index is 5.46. The standard InChI is InChI=1S/C20H21N3O/c1-14-12-21-17(15(2)20(14)24-4)10-11-19-22-18(13-23(19)3)16-8-6-5-7-9-16/h5-13H,1-4H3/b11-10+. The average molecular weight is 319 g/mol. The second kappa shape index (κ2) is 6.71. The molecule has 0 spiro atoms. The Labute approximate surface area is 142 Å². The molecule has 3 aromatic rings. The molecule has 4 heteroatoms. The first-order chi connectivity index (χ1) is 11.6. The molecule has 2 heterocycles. The van der Waals surface area contributed by atoms with E-state index in [4.69, 9.17) is 9.72 Å². The smallest absolute Gasteiger partial charge is 0.133 e. The van der Waals surface area contributed by atoms with E-state index >= 15 is 0 Å². The zero-order chi connectivity index (χ0) is 17.1. The van der Waals surface area contributed by atoms with E-state index in [1.807, 2.05) is 68.2 Å². The van der Waals surface area contributed by atoms with E-state index in [1.54, 1.807) is 7.11 Å². The lowest BCUT2D eigenvalue weighted by atomic mass is 10.1. The summed E-state index contributed by atoms with van der Waals surface area (Å²) in [4.78, 5) is 9.19. The van der Waals surface area contributed by atoms with Crippen LogP contribution in [0.2, 0.25) is 0 Å². The number of aryl methyl sites for hydroxylation is 2. The number of pyridine rings is 1. The van der Waals surface area contributed by atoms with Crippen LogP contribution in [0.25, 0.3) is 23.4 Å². The lowest BCUT2D eigenvalue weighted by Gasteiger charge is -2.09. The van der Waals surface area contributed by atoms with Gasteiger partial charge in [-0.15, -0.1) is 0 Å². The van der Waals surface area contributed by atoms with Crippen molar-refractivity contribution in [3.05, 3.63) is 65.4 Å². The molecule has 0 aliphatic carbocycles. The number of ether oxygens (including phenoxy) is 1. The third kappa shape index (κ3) is 3.08. The second-order valence-electron chi connectivity index (χ2n) is 5.78. The van der Waals surface area contributed by atoms with Crippen molar-refractivity contribution in [2.45, 2.75) is 13.8 Å². The van der Waals surface area contributed by atoms with E-state index in [9.17, 15) is 0 Å². The van der Waals surface area contributed by atoms with Gasteiger partial charge in [0.1, 0.15) is 11.6 Å². The molecule has 0 amide bonds. The summed E-state index contributed by atoms with van der Waals surface area (Å²) in [5.74, 6) is 1.77. The lowest BCUT2D eigenvalue weighted by Crippen LogP contribution is -1.96. The number of benzene rings is 1. The van der Waals surface area contributed by atoms with Gasteiger partial charge in [0.25, 0.3) is 0 Å². The lowest BCUT2D eigenvalue weighted by molar-refractivity contribution is 0.407. The van der Waals surface area contributed by atoms with Gasteiger partial charge in [-0.2, -0.15) is 0 Å². The molecule has 3 rings (SSSR count). The van der Waals surface area contributed by atoms with Crippen molar-refractivity contribution in [3.63, 3.8) is 0 Å². The van der Waals surface area contributed by atoms with Crippen molar-refractivity contribution in [2.24, 2.45) is 7.05 Å². The Bertz CT molecular complexity index is 879. The maximum absolute atomic E-state index is 5.46. The summed E-state index contributed by atoms with van der Waals surface area (Å²) in [6, 6.07) is 10.2. The third-order valence-corrected chi connectivity index (χ3v) is 4.06. The van der Waals surface area contributed by atoms with Gasteiger partial charge in [-0.1, -0.05) is 30.3 Å². The number of methoxy groups -OCH3 is 1. The Balaban J connectivity index is 1.92. The normalized spacial score (nSPS) is 11.2. The maximum Gasteiger partial charge on any atom is 0.133 e. The molecular formula is C20H21N3O. The van der Waals surface area contributed by atoms with Gasteiger partial charge in [-0.3, -0.25) is 4.98 Å². The van der Waals surface area contributed by atoms with Gasteiger partial charge in [0.05, 0.1) is 18.5 Å². The van der Waals surface area contributed by atoms with Crippen molar-refractivity contribution in [3.8, 4) is 17.0 Å². The van der Waals surface area contributed by atoms with Crippen molar-refractivity contribution in [1.29, 1.82) is 0 Å². The molecule has 1 aromatic carbocycles. The van der Waals surface area contributed by atoms with Gasteiger partial charge in [0.2, 0.25) is 0 Å². The minimum atomic E-state index is 0.884. The number of aromatic nitrogens is 3. The molecule has 2 aromatic heterocycles. The number of hydrogen-bond acceptors (Lipinski definition) is 3. The van der Waals surface area contributed by atoms with Crippen molar-refractivity contribution >= 4 is 12.2 Å². The van der Waals surface area contributed by atoms with Crippen LogP contribution in [-0.4, -0.2) is 21.6 Å². The zero-order valence-electron chi connectivity index (χ0n) is 14.4. The summed E-state index contributed by atoms with van der Waals surface area (Å²) < 4.78 is 7.47. The van der Waals surface area contributed by atoms with Crippen LogP contribution in [0.15, 0.2) is 42.7 Å². The molecule has 4 nitrogen and oxygen atoms in total. The molecule has 0 radical (unpaired) electrons. The van der Waals surface area contributed by atoms with Gasteiger partial charge in [0, 0.05) is 36.1 Å². The summed E-state index contributed by atoms with van der Waals surface area (Å²) in [5.41, 5.74) is 5.03. The van der Waals surface area contributed by atoms with E-state index in [0.717, 1.165) is 39.7 Å². The molecule has 0 N–H and O–H groups in total. The van der Waals surface area contributed by atoms with Gasteiger partial charge >= 0.3 is 0 Å². The average Bonchev–Trinajstić information content (AvgIpc) is 2.96. The highest BCUT2D eigenvalue weighted by atomic mass is 16.5. The Morgan fingerprint density at radius 3 is 2.54 bits per heavy atom. The number of rotatable bonds is 4. The van der Waals surface area contributed by atoms with Crippen LogP contribution in [0.3, 0.4) is 0 Å². The first-order valence-electron chi connectivity index (χ1n) is 7.87. The molecule has 0 saturated carbocycles. The Morgan fingerprint density at radius 1 is 1.08 bits per heavy atom. The van der Waals surface area contributed by atoms with Crippen LogP contribution < -0.4 is 4.74 Å². The SMILES string of the molecule is COc1c(C)cnc(/C=C/c2nc(-c3ccccc3)cn2C)c1C. The summed E-state index contributed by atoms with van der Waals surface area (Å²) >= 11 is 0. The molecule has 0 bridgehead atoms. The highest BCUT2D eigenvalue weighted by Gasteiger charge is 2.08. The molecule has 122 valence electrons. The molecule has 0 saturated heterocycles. The first kappa shape index (κ1) is 16.0. The molecule has 0 aliphatic heterocycles. The number of imidazole rings is 1.